The lowest BCUT2D eigenvalue weighted by molar-refractivity contribution is -0.155. The first kappa shape index (κ1) is 22.5. The molecule has 6 rings (SSSR count). The first-order chi connectivity index (χ1) is 17.3. The number of fused-ring (bicyclic) bond motifs is 5. The molecule has 1 fully saturated rings. The number of carbonyl (C=O) groups excluding carboxylic acids is 3. The molecule has 0 radical (unpaired) electrons. The van der Waals surface area contributed by atoms with Crippen molar-refractivity contribution in [3.8, 4) is 17.2 Å². The van der Waals surface area contributed by atoms with Crippen molar-refractivity contribution in [3.05, 3.63) is 46.8 Å². The third kappa shape index (κ3) is 3.35. The Morgan fingerprint density at radius 2 is 1.78 bits per heavy atom. The van der Waals surface area contributed by atoms with Crippen molar-refractivity contribution in [1.82, 2.24) is 14.5 Å². The fourth-order valence-electron chi connectivity index (χ4n) is 5.30. The number of carbonyl (C=O) groups is 3. The van der Waals surface area contributed by atoms with Crippen LogP contribution in [-0.2, 0) is 23.1 Å². The third-order valence-corrected chi connectivity index (χ3v) is 7.21. The Kier molecular flexibility index (Phi) is 5.22. The van der Waals surface area contributed by atoms with E-state index >= 15 is 0 Å². The molecular formula is C26H25N3O7. The van der Waals surface area contributed by atoms with Crippen LogP contribution in [0.25, 0.3) is 11.0 Å². The lowest BCUT2D eigenvalue weighted by atomic mass is 10.0. The second-order valence-electron chi connectivity index (χ2n) is 9.42. The van der Waals surface area contributed by atoms with Gasteiger partial charge in [-0.15, -0.1) is 0 Å². The molecule has 2 aliphatic heterocycles. The Hall–Kier alpha value is -3.92. The van der Waals surface area contributed by atoms with Gasteiger partial charge in [0, 0.05) is 26.6 Å². The van der Waals surface area contributed by atoms with Crippen LogP contribution in [0.1, 0.15) is 52.7 Å². The van der Waals surface area contributed by atoms with Gasteiger partial charge in [-0.1, -0.05) is 24.3 Å². The van der Waals surface area contributed by atoms with Crippen LogP contribution in [0.3, 0.4) is 0 Å². The quantitative estimate of drug-likeness (QED) is 0.337. The summed E-state index contributed by atoms with van der Waals surface area (Å²) in [6, 6.07) is 7.51. The largest absolute Gasteiger partial charge is 0.477 e. The first-order valence-corrected chi connectivity index (χ1v) is 12.0. The summed E-state index contributed by atoms with van der Waals surface area (Å²) in [4.78, 5) is 45.1. The maximum atomic E-state index is 13.8. The number of aliphatic hydroxyl groups excluding tert-OH is 1. The van der Waals surface area contributed by atoms with E-state index in [4.69, 9.17) is 14.2 Å². The van der Waals surface area contributed by atoms with E-state index in [-0.39, 0.29) is 28.3 Å². The van der Waals surface area contributed by atoms with Crippen molar-refractivity contribution in [1.29, 1.82) is 0 Å². The SMILES string of the molecule is Cc1nc2c(OC3c4ccccc4CC3O)c3c(C(=O)N4CCCCC4)c(c2n1C)OC(=O)C(=O)O3. The van der Waals surface area contributed by atoms with Gasteiger partial charge >= 0.3 is 11.9 Å². The smallest absolute Gasteiger partial charge is 0.423 e. The summed E-state index contributed by atoms with van der Waals surface area (Å²) in [7, 11) is 1.72. The molecule has 1 aliphatic carbocycles. The van der Waals surface area contributed by atoms with Gasteiger partial charge in [-0.05, 0) is 37.3 Å². The average Bonchev–Trinajstić information content (AvgIpc) is 3.32. The molecule has 1 N–H and O–H groups in total. The van der Waals surface area contributed by atoms with Crippen molar-refractivity contribution >= 4 is 28.9 Å². The minimum atomic E-state index is -1.26. The second kappa shape index (κ2) is 8.34. The van der Waals surface area contributed by atoms with Gasteiger partial charge in [0.2, 0.25) is 0 Å². The first-order valence-electron chi connectivity index (χ1n) is 12.0. The maximum absolute atomic E-state index is 13.8. The lowest BCUT2D eigenvalue weighted by Gasteiger charge is -2.28. The number of nitrogens with zero attached hydrogens (tertiary/aromatic N) is 3. The molecule has 10 nitrogen and oxygen atoms in total. The van der Waals surface area contributed by atoms with Crippen molar-refractivity contribution < 1.29 is 33.7 Å². The minimum Gasteiger partial charge on any atom is -0.477 e. The summed E-state index contributed by atoms with van der Waals surface area (Å²) < 4.78 is 19.0. The summed E-state index contributed by atoms with van der Waals surface area (Å²) >= 11 is 0. The normalized spacial score (nSPS) is 21.1. The van der Waals surface area contributed by atoms with Gasteiger partial charge in [-0.2, -0.15) is 0 Å². The number of rotatable bonds is 3. The Bertz CT molecular complexity index is 1440. The van der Waals surface area contributed by atoms with Gasteiger partial charge in [-0.3, -0.25) is 4.79 Å². The highest BCUT2D eigenvalue weighted by Gasteiger charge is 2.42. The number of hydrogen-bond acceptors (Lipinski definition) is 8. The summed E-state index contributed by atoms with van der Waals surface area (Å²) in [5.74, 6) is -2.61. The Morgan fingerprint density at radius 3 is 2.53 bits per heavy atom. The van der Waals surface area contributed by atoms with Crippen molar-refractivity contribution in [2.24, 2.45) is 7.05 Å². The van der Waals surface area contributed by atoms with Gasteiger partial charge in [0.05, 0.1) is 6.10 Å². The average molecular weight is 492 g/mol. The van der Waals surface area contributed by atoms with Gasteiger partial charge in [0.15, 0.2) is 23.4 Å². The molecule has 3 heterocycles. The predicted molar refractivity (Wildman–Crippen MR) is 126 cm³/mol. The zero-order chi connectivity index (χ0) is 25.1. The van der Waals surface area contributed by atoms with Gasteiger partial charge in [0.25, 0.3) is 5.91 Å². The summed E-state index contributed by atoms with van der Waals surface area (Å²) in [5.41, 5.74) is 2.28. The monoisotopic (exact) mass is 491 g/mol. The lowest BCUT2D eigenvalue weighted by Crippen LogP contribution is -2.36. The zero-order valence-electron chi connectivity index (χ0n) is 19.9. The third-order valence-electron chi connectivity index (χ3n) is 7.21. The Balaban J connectivity index is 1.60. The topological polar surface area (TPSA) is 120 Å². The van der Waals surface area contributed by atoms with E-state index < -0.39 is 30.1 Å². The summed E-state index contributed by atoms with van der Waals surface area (Å²) in [6.07, 6.45) is 1.44. The van der Waals surface area contributed by atoms with Crippen LogP contribution >= 0.6 is 0 Å². The molecule has 186 valence electrons. The van der Waals surface area contributed by atoms with Crippen LogP contribution in [-0.4, -0.2) is 56.6 Å². The van der Waals surface area contributed by atoms with Crippen LogP contribution in [0.5, 0.6) is 17.2 Å². The second-order valence-corrected chi connectivity index (χ2v) is 9.42. The number of amides is 1. The number of imidazole rings is 1. The number of benzene rings is 2. The molecule has 36 heavy (non-hydrogen) atoms. The predicted octanol–water partition coefficient (Wildman–Crippen LogP) is 2.37. The van der Waals surface area contributed by atoms with E-state index in [1.807, 2.05) is 24.3 Å². The molecule has 10 heteroatoms. The van der Waals surface area contributed by atoms with Crippen LogP contribution in [0.4, 0.5) is 0 Å². The number of aryl methyl sites for hydroxylation is 2. The summed E-state index contributed by atoms with van der Waals surface area (Å²) in [6.45, 7) is 2.83. The van der Waals surface area contributed by atoms with Crippen LogP contribution < -0.4 is 14.2 Å². The molecule has 2 aromatic carbocycles. The summed E-state index contributed by atoms with van der Waals surface area (Å²) in [5, 5.41) is 10.9. The number of likely N-dealkylation sites (tertiary alicyclic amines) is 1. The molecule has 1 saturated heterocycles. The highest BCUT2D eigenvalue weighted by molar-refractivity contribution is 6.32. The molecule has 0 saturated carbocycles. The van der Waals surface area contributed by atoms with E-state index in [1.165, 1.54) is 0 Å². The van der Waals surface area contributed by atoms with E-state index in [2.05, 4.69) is 4.98 Å². The fraction of sp³-hybridized carbons (Fsp3) is 0.385. The molecule has 1 amide bonds. The van der Waals surface area contributed by atoms with E-state index in [0.717, 1.165) is 30.4 Å². The van der Waals surface area contributed by atoms with Gasteiger partial charge in [-0.25, -0.2) is 14.6 Å². The van der Waals surface area contributed by atoms with Crippen LogP contribution in [0, 0.1) is 6.92 Å². The number of esters is 2. The molecule has 0 spiro atoms. The fourth-order valence-corrected chi connectivity index (χ4v) is 5.30. The molecule has 3 aliphatic rings. The molecular weight excluding hydrogens is 466 g/mol. The van der Waals surface area contributed by atoms with E-state index in [1.54, 1.807) is 23.4 Å². The highest BCUT2D eigenvalue weighted by Crippen LogP contribution is 2.50. The number of ether oxygens (including phenoxy) is 3. The van der Waals surface area contributed by atoms with Crippen LogP contribution in [0.2, 0.25) is 0 Å². The number of aromatic nitrogens is 2. The zero-order valence-corrected chi connectivity index (χ0v) is 19.9. The highest BCUT2D eigenvalue weighted by atomic mass is 16.6. The Labute approximate surface area is 206 Å². The van der Waals surface area contributed by atoms with Crippen LogP contribution in [0.15, 0.2) is 24.3 Å². The molecule has 2 atom stereocenters. The van der Waals surface area contributed by atoms with E-state index in [9.17, 15) is 19.5 Å². The number of piperidine rings is 1. The Morgan fingerprint density at radius 1 is 1.08 bits per heavy atom. The van der Waals surface area contributed by atoms with Crippen molar-refractivity contribution in [2.75, 3.05) is 13.1 Å². The number of aliphatic hydroxyl groups is 1. The maximum Gasteiger partial charge on any atom is 0.423 e. The van der Waals surface area contributed by atoms with Crippen molar-refractivity contribution in [3.63, 3.8) is 0 Å². The van der Waals surface area contributed by atoms with Crippen molar-refractivity contribution in [2.45, 2.75) is 44.8 Å². The van der Waals surface area contributed by atoms with Gasteiger partial charge in [0.1, 0.15) is 22.4 Å². The molecule has 1 aromatic heterocycles. The molecule has 2 bridgehead atoms. The number of hydrogen-bond donors (Lipinski definition) is 1. The van der Waals surface area contributed by atoms with E-state index in [0.29, 0.717) is 30.9 Å². The standard InChI is InChI=1S/C26H25N3O7/c1-13-27-18-19(28(13)2)21-17(24(31)29-10-6-3-7-11-29)22(36-26(33)25(32)35-21)23(18)34-20-15-9-5-4-8-14(15)12-16(20)30/h4-5,8-9,16,20,30H,3,6-7,10-12H2,1-2H3. The van der Waals surface area contributed by atoms with Gasteiger partial charge < -0.3 is 28.8 Å². The molecule has 3 aromatic rings. The molecule has 2 unspecified atom stereocenters. The minimum absolute atomic E-state index is 0.0187.